The molecule has 106 valence electrons. The first-order valence-electron chi connectivity index (χ1n) is 7.23. The highest BCUT2D eigenvalue weighted by atomic mass is 16.5. The number of nitrogens with two attached hydrogens (primary N) is 1. The number of hydrogen-bond donors (Lipinski definition) is 1. The van der Waals surface area contributed by atoms with E-state index in [-0.39, 0.29) is 6.04 Å². The number of ether oxygens (including phenoxy) is 1. The summed E-state index contributed by atoms with van der Waals surface area (Å²) in [6.07, 6.45) is 3.70. The Balaban J connectivity index is 2.11. The molecule has 1 fully saturated rings. The summed E-state index contributed by atoms with van der Waals surface area (Å²) < 4.78 is 5.50. The van der Waals surface area contributed by atoms with Crippen molar-refractivity contribution in [2.75, 3.05) is 25.1 Å². The first-order chi connectivity index (χ1) is 9.10. The normalized spacial score (nSPS) is 21.5. The fraction of sp³-hybridized carbons (Fsp3) is 0.625. The van der Waals surface area contributed by atoms with Gasteiger partial charge in [0.05, 0.1) is 6.10 Å². The van der Waals surface area contributed by atoms with Crippen LogP contribution in [0.1, 0.15) is 30.9 Å². The van der Waals surface area contributed by atoms with Crippen LogP contribution in [0.3, 0.4) is 0 Å². The Morgan fingerprint density at radius 3 is 2.89 bits per heavy atom. The number of nitrogens with zero attached hydrogens (tertiary/aromatic N) is 1. The summed E-state index contributed by atoms with van der Waals surface area (Å²) in [5.41, 5.74) is 9.88. The summed E-state index contributed by atoms with van der Waals surface area (Å²) >= 11 is 0. The molecule has 1 aliphatic rings. The lowest BCUT2D eigenvalue weighted by molar-refractivity contribution is 0.0893. The number of methoxy groups -OCH3 is 1. The number of piperidine rings is 1. The molecule has 2 atom stereocenters. The van der Waals surface area contributed by atoms with E-state index in [1.54, 1.807) is 0 Å². The van der Waals surface area contributed by atoms with Gasteiger partial charge in [0, 0.05) is 31.9 Å². The van der Waals surface area contributed by atoms with Gasteiger partial charge in [-0.1, -0.05) is 12.1 Å². The molecule has 19 heavy (non-hydrogen) atoms. The van der Waals surface area contributed by atoms with E-state index in [2.05, 4.69) is 36.9 Å². The van der Waals surface area contributed by atoms with Crippen molar-refractivity contribution in [1.29, 1.82) is 0 Å². The molecule has 2 rings (SSSR count). The molecule has 1 aromatic rings. The zero-order valence-electron chi connectivity index (χ0n) is 12.4. The molecule has 1 aliphatic heterocycles. The first-order valence-corrected chi connectivity index (χ1v) is 7.23. The summed E-state index contributed by atoms with van der Waals surface area (Å²) in [5, 5.41) is 0. The van der Waals surface area contributed by atoms with Crippen molar-refractivity contribution in [3.63, 3.8) is 0 Å². The van der Waals surface area contributed by atoms with E-state index < -0.39 is 0 Å². The van der Waals surface area contributed by atoms with E-state index in [4.69, 9.17) is 10.5 Å². The number of anilines is 1. The SMILES string of the molecule is COC1CCCN(c2ccc(CC(C)N)cc2C)C1. The molecule has 0 amide bonds. The van der Waals surface area contributed by atoms with Gasteiger partial charge in [-0.3, -0.25) is 0 Å². The summed E-state index contributed by atoms with van der Waals surface area (Å²) in [6.45, 7) is 6.38. The fourth-order valence-electron chi connectivity index (χ4n) is 2.92. The molecule has 1 heterocycles. The smallest absolute Gasteiger partial charge is 0.0746 e. The maximum atomic E-state index is 5.86. The van der Waals surface area contributed by atoms with E-state index in [0.717, 1.165) is 19.5 Å². The minimum Gasteiger partial charge on any atom is -0.380 e. The van der Waals surface area contributed by atoms with Crippen LogP contribution in [0.4, 0.5) is 5.69 Å². The van der Waals surface area contributed by atoms with Crippen molar-refractivity contribution < 1.29 is 4.74 Å². The van der Waals surface area contributed by atoms with Gasteiger partial charge in [-0.25, -0.2) is 0 Å². The van der Waals surface area contributed by atoms with E-state index in [9.17, 15) is 0 Å². The van der Waals surface area contributed by atoms with E-state index in [1.807, 2.05) is 7.11 Å². The van der Waals surface area contributed by atoms with Crippen LogP contribution in [-0.4, -0.2) is 32.3 Å². The van der Waals surface area contributed by atoms with Crippen molar-refractivity contribution in [2.45, 2.75) is 45.3 Å². The highest BCUT2D eigenvalue weighted by Crippen LogP contribution is 2.25. The lowest BCUT2D eigenvalue weighted by Gasteiger charge is -2.34. The average molecular weight is 262 g/mol. The standard InChI is InChI=1S/C16H26N2O/c1-12-9-14(10-13(2)17)6-7-16(12)18-8-4-5-15(11-18)19-3/h6-7,9,13,15H,4-5,8,10-11,17H2,1-3H3. The molecule has 0 radical (unpaired) electrons. The second-order valence-corrected chi connectivity index (χ2v) is 5.75. The average Bonchev–Trinajstić information content (AvgIpc) is 2.38. The van der Waals surface area contributed by atoms with Crippen LogP contribution in [0.2, 0.25) is 0 Å². The van der Waals surface area contributed by atoms with Gasteiger partial charge in [-0.15, -0.1) is 0 Å². The number of benzene rings is 1. The largest absolute Gasteiger partial charge is 0.380 e. The third kappa shape index (κ3) is 3.71. The van der Waals surface area contributed by atoms with Gasteiger partial charge in [0.2, 0.25) is 0 Å². The molecule has 3 heteroatoms. The Kier molecular flexibility index (Phi) is 4.83. The molecular weight excluding hydrogens is 236 g/mol. The molecule has 0 aromatic heterocycles. The Morgan fingerprint density at radius 2 is 2.26 bits per heavy atom. The van der Waals surface area contributed by atoms with Crippen LogP contribution in [0, 0.1) is 6.92 Å². The van der Waals surface area contributed by atoms with Crippen LogP contribution in [0.5, 0.6) is 0 Å². The summed E-state index contributed by atoms with van der Waals surface area (Å²) in [4.78, 5) is 2.45. The Morgan fingerprint density at radius 1 is 1.47 bits per heavy atom. The van der Waals surface area contributed by atoms with Crippen LogP contribution >= 0.6 is 0 Å². The van der Waals surface area contributed by atoms with E-state index in [0.29, 0.717) is 6.10 Å². The fourth-order valence-corrected chi connectivity index (χ4v) is 2.92. The topological polar surface area (TPSA) is 38.5 Å². The van der Waals surface area contributed by atoms with Crippen molar-refractivity contribution in [2.24, 2.45) is 5.73 Å². The minimum atomic E-state index is 0.220. The van der Waals surface area contributed by atoms with Crippen molar-refractivity contribution in [3.05, 3.63) is 29.3 Å². The lowest BCUT2D eigenvalue weighted by Crippen LogP contribution is -2.39. The zero-order valence-corrected chi connectivity index (χ0v) is 12.4. The molecule has 0 bridgehead atoms. The Bertz CT molecular complexity index is 417. The van der Waals surface area contributed by atoms with E-state index in [1.165, 1.54) is 29.7 Å². The van der Waals surface area contributed by atoms with Gasteiger partial charge < -0.3 is 15.4 Å². The molecular formula is C16H26N2O. The molecule has 2 N–H and O–H groups in total. The van der Waals surface area contributed by atoms with Crippen molar-refractivity contribution in [3.8, 4) is 0 Å². The number of aryl methyl sites for hydroxylation is 1. The van der Waals surface area contributed by atoms with Crippen molar-refractivity contribution in [1.82, 2.24) is 0 Å². The molecule has 0 aliphatic carbocycles. The lowest BCUT2D eigenvalue weighted by atomic mass is 10.0. The third-order valence-corrected chi connectivity index (χ3v) is 3.87. The van der Waals surface area contributed by atoms with Gasteiger partial charge in [0.25, 0.3) is 0 Å². The highest BCUT2D eigenvalue weighted by Gasteiger charge is 2.20. The van der Waals surface area contributed by atoms with Crippen LogP contribution in [0.25, 0.3) is 0 Å². The van der Waals surface area contributed by atoms with Crippen LogP contribution in [-0.2, 0) is 11.2 Å². The summed E-state index contributed by atoms with van der Waals surface area (Å²) in [6, 6.07) is 6.94. The molecule has 3 nitrogen and oxygen atoms in total. The van der Waals surface area contributed by atoms with Gasteiger partial charge >= 0.3 is 0 Å². The van der Waals surface area contributed by atoms with E-state index >= 15 is 0 Å². The monoisotopic (exact) mass is 262 g/mol. The second kappa shape index (κ2) is 6.40. The Labute approximate surface area is 116 Å². The predicted octanol–water partition coefficient (Wildman–Crippen LogP) is 2.50. The number of hydrogen-bond acceptors (Lipinski definition) is 3. The molecule has 1 aromatic carbocycles. The van der Waals surface area contributed by atoms with Gasteiger partial charge in [-0.05, 0) is 50.3 Å². The molecule has 0 spiro atoms. The summed E-state index contributed by atoms with van der Waals surface area (Å²) in [7, 11) is 1.81. The van der Waals surface area contributed by atoms with Crippen molar-refractivity contribution >= 4 is 5.69 Å². The molecule has 1 saturated heterocycles. The highest BCUT2D eigenvalue weighted by molar-refractivity contribution is 5.55. The van der Waals surface area contributed by atoms with Gasteiger partial charge in [0.15, 0.2) is 0 Å². The maximum absolute atomic E-state index is 5.86. The molecule has 2 unspecified atom stereocenters. The summed E-state index contributed by atoms with van der Waals surface area (Å²) in [5.74, 6) is 0. The predicted molar refractivity (Wildman–Crippen MR) is 80.8 cm³/mol. The first kappa shape index (κ1) is 14.4. The minimum absolute atomic E-state index is 0.220. The maximum Gasteiger partial charge on any atom is 0.0746 e. The number of rotatable bonds is 4. The quantitative estimate of drug-likeness (QED) is 0.906. The van der Waals surface area contributed by atoms with Gasteiger partial charge in [-0.2, -0.15) is 0 Å². The second-order valence-electron chi connectivity index (χ2n) is 5.75. The third-order valence-electron chi connectivity index (χ3n) is 3.87. The Hall–Kier alpha value is -1.06. The van der Waals surface area contributed by atoms with Crippen LogP contribution in [0.15, 0.2) is 18.2 Å². The van der Waals surface area contributed by atoms with Crippen LogP contribution < -0.4 is 10.6 Å². The molecule has 0 saturated carbocycles. The van der Waals surface area contributed by atoms with Gasteiger partial charge in [0.1, 0.15) is 0 Å². The zero-order chi connectivity index (χ0) is 13.8.